The Morgan fingerprint density at radius 1 is 1.38 bits per heavy atom. The molecule has 1 rings (SSSR count). The van der Waals surface area contributed by atoms with Crippen LogP contribution in [0.2, 0.25) is 0 Å². The van der Waals surface area contributed by atoms with Gasteiger partial charge in [-0.2, -0.15) is 0 Å². The van der Waals surface area contributed by atoms with Crippen LogP contribution >= 0.6 is 0 Å². The van der Waals surface area contributed by atoms with Crippen molar-refractivity contribution in [2.24, 2.45) is 0 Å². The van der Waals surface area contributed by atoms with Crippen LogP contribution in [0, 0.1) is 0 Å². The number of aliphatic carboxylic acids is 1. The summed E-state index contributed by atoms with van der Waals surface area (Å²) in [6.07, 6.45) is 4.16. The van der Waals surface area contributed by atoms with Crippen molar-refractivity contribution in [3.8, 4) is 0 Å². The van der Waals surface area contributed by atoms with Crippen molar-refractivity contribution in [1.82, 2.24) is 10.2 Å². The molecule has 0 radical (unpaired) electrons. The maximum atomic E-state index is 12.3. The molecule has 1 fully saturated rings. The standard InChI is InChI=1S/C14H24N2O5/c1-3-4-7-10(12(17)18)15-14(20)16-9-6-5-8-11(16)13(19)21-2/h10-11H,3-9H2,1-2H3,(H,15,20)(H,17,18)/t10-,11?/m0/s1. The molecular formula is C14H24N2O5. The Bertz CT molecular complexity index is 386. The zero-order valence-electron chi connectivity index (χ0n) is 12.6. The van der Waals surface area contributed by atoms with E-state index in [0.717, 1.165) is 25.7 Å². The third-order valence-corrected chi connectivity index (χ3v) is 3.68. The lowest BCUT2D eigenvalue weighted by molar-refractivity contribution is -0.146. The molecule has 1 aliphatic heterocycles. The van der Waals surface area contributed by atoms with Gasteiger partial charge in [-0.25, -0.2) is 14.4 Å². The van der Waals surface area contributed by atoms with Crippen LogP contribution in [0.1, 0.15) is 45.4 Å². The van der Waals surface area contributed by atoms with Gasteiger partial charge in [0.1, 0.15) is 12.1 Å². The van der Waals surface area contributed by atoms with Gasteiger partial charge in [-0.05, 0) is 25.7 Å². The number of esters is 1. The highest BCUT2D eigenvalue weighted by molar-refractivity contribution is 5.86. The van der Waals surface area contributed by atoms with Crippen molar-refractivity contribution >= 4 is 18.0 Å². The van der Waals surface area contributed by atoms with Crippen LogP contribution in [0.15, 0.2) is 0 Å². The van der Waals surface area contributed by atoms with Gasteiger partial charge in [0, 0.05) is 6.54 Å². The zero-order chi connectivity index (χ0) is 15.8. The van der Waals surface area contributed by atoms with Crippen molar-refractivity contribution in [2.75, 3.05) is 13.7 Å². The van der Waals surface area contributed by atoms with Gasteiger partial charge < -0.3 is 20.1 Å². The molecule has 0 saturated carbocycles. The van der Waals surface area contributed by atoms with Crippen LogP contribution in [0.25, 0.3) is 0 Å². The second kappa shape index (κ2) is 8.49. The number of nitrogens with zero attached hydrogens (tertiary/aromatic N) is 1. The van der Waals surface area contributed by atoms with Crippen molar-refractivity contribution in [2.45, 2.75) is 57.5 Å². The average Bonchev–Trinajstić information content (AvgIpc) is 2.50. The lowest BCUT2D eigenvalue weighted by Crippen LogP contribution is -2.55. The Kier molecular flexibility index (Phi) is 6.98. The number of carbonyl (C=O) groups excluding carboxylic acids is 2. The number of unbranched alkanes of at least 4 members (excludes halogenated alkanes) is 1. The summed E-state index contributed by atoms with van der Waals surface area (Å²) in [6, 6.07) is -2.05. The van der Waals surface area contributed by atoms with Crippen LogP contribution < -0.4 is 5.32 Å². The number of carbonyl (C=O) groups is 3. The molecule has 7 nitrogen and oxygen atoms in total. The Balaban J connectivity index is 2.69. The Hall–Kier alpha value is -1.79. The molecule has 1 aliphatic rings. The third-order valence-electron chi connectivity index (χ3n) is 3.68. The third kappa shape index (κ3) is 4.91. The topological polar surface area (TPSA) is 95.9 Å². The molecule has 2 atom stereocenters. The molecule has 0 spiro atoms. The van der Waals surface area contributed by atoms with Gasteiger partial charge in [-0.3, -0.25) is 0 Å². The number of piperidine rings is 1. The lowest BCUT2D eigenvalue weighted by Gasteiger charge is -2.34. The number of urea groups is 1. The number of hydrogen-bond acceptors (Lipinski definition) is 4. The second-order valence-corrected chi connectivity index (χ2v) is 5.21. The molecule has 0 aromatic carbocycles. The van der Waals surface area contributed by atoms with Gasteiger partial charge in [-0.15, -0.1) is 0 Å². The van der Waals surface area contributed by atoms with Crippen LogP contribution in [0.4, 0.5) is 4.79 Å². The first-order chi connectivity index (χ1) is 10.0. The predicted octanol–water partition coefficient (Wildman–Crippen LogP) is 1.37. The van der Waals surface area contributed by atoms with Crippen LogP contribution in [-0.4, -0.2) is 53.7 Å². The van der Waals surface area contributed by atoms with E-state index in [4.69, 9.17) is 9.84 Å². The highest BCUT2D eigenvalue weighted by atomic mass is 16.5. The minimum atomic E-state index is -1.05. The van der Waals surface area contributed by atoms with E-state index in [1.165, 1.54) is 12.0 Å². The predicted molar refractivity (Wildman–Crippen MR) is 75.8 cm³/mol. The molecular weight excluding hydrogens is 276 g/mol. The van der Waals surface area contributed by atoms with Crippen molar-refractivity contribution in [1.29, 1.82) is 0 Å². The SMILES string of the molecule is CCCC[C@H](NC(=O)N1CCCCC1C(=O)OC)C(=O)O. The molecule has 1 heterocycles. The van der Waals surface area contributed by atoms with Gasteiger partial charge in [0.25, 0.3) is 0 Å². The Morgan fingerprint density at radius 2 is 2.10 bits per heavy atom. The number of hydrogen-bond donors (Lipinski definition) is 2. The maximum Gasteiger partial charge on any atom is 0.328 e. The van der Waals surface area contributed by atoms with Crippen LogP contribution in [-0.2, 0) is 14.3 Å². The van der Waals surface area contributed by atoms with E-state index in [-0.39, 0.29) is 0 Å². The van der Waals surface area contributed by atoms with E-state index in [2.05, 4.69) is 5.32 Å². The fourth-order valence-corrected chi connectivity index (χ4v) is 2.45. The van der Waals surface area contributed by atoms with E-state index < -0.39 is 30.1 Å². The first-order valence-electron chi connectivity index (χ1n) is 7.39. The molecule has 1 unspecified atom stereocenters. The van der Waals surface area contributed by atoms with Crippen LogP contribution in [0.3, 0.4) is 0 Å². The fraction of sp³-hybridized carbons (Fsp3) is 0.786. The minimum absolute atomic E-state index is 0.383. The number of carboxylic acid groups (broad SMARTS) is 1. The van der Waals surface area contributed by atoms with Crippen molar-refractivity contribution in [3.05, 3.63) is 0 Å². The quantitative estimate of drug-likeness (QED) is 0.722. The largest absolute Gasteiger partial charge is 0.480 e. The molecule has 0 aromatic rings. The molecule has 2 N–H and O–H groups in total. The number of amides is 2. The summed E-state index contributed by atoms with van der Waals surface area (Å²) in [5, 5.41) is 11.7. The molecule has 1 saturated heterocycles. The summed E-state index contributed by atoms with van der Waals surface area (Å²) in [7, 11) is 1.29. The first kappa shape index (κ1) is 17.3. The lowest BCUT2D eigenvalue weighted by atomic mass is 10.0. The number of ether oxygens (including phenoxy) is 1. The van der Waals surface area contributed by atoms with Crippen molar-refractivity contribution < 1.29 is 24.2 Å². The molecule has 2 amide bonds. The summed E-state index contributed by atoms with van der Waals surface area (Å²) >= 11 is 0. The maximum absolute atomic E-state index is 12.3. The number of carboxylic acids is 1. The summed E-state index contributed by atoms with van der Waals surface area (Å²) in [6.45, 7) is 2.39. The van der Waals surface area contributed by atoms with Gasteiger partial charge in [0.05, 0.1) is 7.11 Å². The minimum Gasteiger partial charge on any atom is -0.480 e. The van der Waals surface area contributed by atoms with E-state index >= 15 is 0 Å². The van der Waals surface area contributed by atoms with E-state index in [1.54, 1.807) is 0 Å². The first-order valence-corrected chi connectivity index (χ1v) is 7.39. The average molecular weight is 300 g/mol. The Labute approximate surface area is 124 Å². The van der Waals surface area contributed by atoms with E-state index in [9.17, 15) is 14.4 Å². The fourth-order valence-electron chi connectivity index (χ4n) is 2.45. The highest BCUT2D eigenvalue weighted by Gasteiger charge is 2.34. The molecule has 0 bridgehead atoms. The normalized spacial score (nSPS) is 19.7. The summed E-state index contributed by atoms with van der Waals surface area (Å²) in [5.41, 5.74) is 0. The number of rotatable bonds is 6. The van der Waals surface area contributed by atoms with Crippen molar-refractivity contribution in [3.63, 3.8) is 0 Å². The van der Waals surface area contributed by atoms with E-state index in [0.29, 0.717) is 19.4 Å². The summed E-state index contributed by atoms with van der Waals surface area (Å²) < 4.78 is 4.71. The van der Waals surface area contributed by atoms with Gasteiger partial charge in [-0.1, -0.05) is 19.8 Å². The summed E-state index contributed by atoms with van der Waals surface area (Å²) in [4.78, 5) is 36.5. The highest BCUT2D eigenvalue weighted by Crippen LogP contribution is 2.18. The molecule has 7 heteroatoms. The molecule has 0 aliphatic carbocycles. The van der Waals surface area contributed by atoms with Gasteiger partial charge >= 0.3 is 18.0 Å². The monoisotopic (exact) mass is 300 g/mol. The zero-order valence-corrected chi connectivity index (χ0v) is 12.6. The summed E-state index contributed by atoms with van der Waals surface area (Å²) in [5.74, 6) is -1.51. The van der Waals surface area contributed by atoms with Gasteiger partial charge in [0.2, 0.25) is 0 Å². The number of nitrogens with one attached hydrogen (secondary N) is 1. The molecule has 0 aromatic heterocycles. The second-order valence-electron chi connectivity index (χ2n) is 5.21. The smallest absolute Gasteiger partial charge is 0.328 e. The molecule has 120 valence electrons. The van der Waals surface area contributed by atoms with E-state index in [1.807, 2.05) is 6.92 Å². The number of methoxy groups -OCH3 is 1. The van der Waals surface area contributed by atoms with Gasteiger partial charge in [0.15, 0.2) is 0 Å². The molecule has 21 heavy (non-hydrogen) atoms. The van der Waals surface area contributed by atoms with Crippen LogP contribution in [0.5, 0.6) is 0 Å². The number of likely N-dealkylation sites (tertiary alicyclic amines) is 1. The Morgan fingerprint density at radius 3 is 2.67 bits per heavy atom.